The van der Waals surface area contributed by atoms with Gasteiger partial charge in [-0.25, -0.2) is 9.78 Å². The number of aromatic amines is 1. The van der Waals surface area contributed by atoms with Crippen molar-refractivity contribution in [2.45, 2.75) is 6.04 Å². The van der Waals surface area contributed by atoms with Crippen molar-refractivity contribution in [3.8, 4) is 0 Å². The van der Waals surface area contributed by atoms with Crippen LogP contribution in [0.25, 0.3) is 22.3 Å². The zero-order valence-electron chi connectivity index (χ0n) is 14.9. The van der Waals surface area contributed by atoms with Crippen LogP contribution in [-0.4, -0.2) is 21.0 Å². The molecule has 0 spiro atoms. The second kappa shape index (κ2) is 6.66. The maximum atomic E-state index is 12.5. The molecule has 1 aliphatic rings. The molecule has 3 N–H and O–H groups in total. The number of nitrogens with zero attached hydrogens (tertiary/aromatic N) is 2. The number of rotatable bonds is 3. The number of hydrogen-bond donors (Lipinski definition) is 3. The van der Waals surface area contributed by atoms with Crippen molar-refractivity contribution in [1.82, 2.24) is 25.6 Å². The van der Waals surface area contributed by atoms with Crippen molar-refractivity contribution in [2.75, 3.05) is 0 Å². The SMILES string of the molecule is O=C1NC(c2ccccc2)=C(c2nc3ccccc3[nH]2)C(c2cccnc2)N1. The fraction of sp³-hybridized carbons (Fsp3) is 0.0455. The molecule has 2 amide bonds. The van der Waals surface area contributed by atoms with E-state index in [2.05, 4.69) is 20.6 Å². The Hall–Kier alpha value is -3.93. The lowest BCUT2D eigenvalue weighted by molar-refractivity contribution is 0.242. The fourth-order valence-corrected chi connectivity index (χ4v) is 3.53. The van der Waals surface area contributed by atoms with E-state index in [1.807, 2.05) is 66.7 Å². The molecule has 0 fully saturated rings. The predicted molar refractivity (Wildman–Crippen MR) is 108 cm³/mol. The lowest BCUT2D eigenvalue weighted by Gasteiger charge is -2.29. The third kappa shape index (κ3) is 2.81. The highest BCUT2D eigenvalue weighted by Gasteiger charge is 2.31. The smallest absolute Gasteiger partial charge is 0.320 e. The standard InChI is InChI=1S/C22H17N5O/c28-22-26-19(14-7-2-1-3-8-14)18(20(27-22)15-9-6-12-23-13-15)21-24-16-10-4-5-11-17(16)25-21/h1-13,20H,(H,24,25)(H2,26,27,28). The van der Waals surface area contributed by atoms with Crippen molar-refractivity contribution in [3.05, 3.63) is 96.1 Å². The number of benzene rings is 2. The fourth-order valence-electron chi connectivity index (χ4n) is 3.53. The molecule has 0 bridgehead atoms. The number of hydrogen-bond acceptors (Lipinski definition) is 3. The van der Waals surface area contributed by atoms with Gasteiger partial charge in [-0.2, -0.15) is 0 Å². The van der Waals surface area contributed by atoms with Crippen LogP contribution in [0.5, 0.6) is 0 Å². The Labute approximate surface area is 161 Å². The first-order chi connectivity index (χ1) is 13.8. The Bertz CT molecular complexity index is 1150. The first-order valence-corrected chi connectivity index (χ1v) is 9.02. The molecule has 2 aromatic carbocycles. The molecule has 3 heterocycles. The summed E-state index contributed by atoms with van der Waals surface area (Å²) >= 11 is 0. The Morgan fingerprint density at radius 1 is 0.893 bits per heavy atom. The molecule has 28 heavy (non-hydrogen) atoms. The van der Waals surface area contributed by atoms with Gasteiger partial charge in [-0.15, -0.1) is 0 Å². The third-order valence-electron chi connectivity index (χ3n) is 4.80. The molecule has 4 aromatic rings. The Kier molecular flexibility index (Phi) is 3.87. The summed E-state index contributed by atoms with van der Waals surface area (Å²) in [6.45, 7) is 0. The number of fused-ring (bicyclic) bond motifs is 1. The number of pyridine rings is 1. The number of nitrogens with one attached hydrogen (secondary N) is 3. The van der Waals surface area contributed by atoms with Crippen molar-refractivity contribution >= 4 is 28.3 Å². The van der Waals surface area contributed by atoms with Gasteiger partial charge in [-0.3, -0.25) is 4.98 Å². The zero-order valence-corrected chi connectivity index (χ0v) is 14.9. The molecule has 6 heteroatoms. The molecule has 0 aliphatic carbocycles. The lowest BCUT2D eigenvalue weighted by Crippen LogP contribution is -2.43. The maximum absolute atomic E-state index is 12.5. The van der Waals surface area contributed by atoms with E-state index in [0.717, 1.165) is 33.4 Å². The van der Waals surface area contributed by atoms with E-state index in [-0.39, 0.29) is 12.1 Å². The third-order valence-corrected chi connectivity index (χ3v) is 4.80. The second-order valence-electron chi connectivity index (χ2n) is 6.58. The summed E-state index contributed by atoms with van der Waals surface area (Å²) in [5.41, 5.74) is 5.23. The van der Waals surface area contributed by atoms with Gasteiger partial charge in [-0.1, -0.05) is 48.5 Å². The van der Waals surface area contributed by atoms with Gasteiger partial charge in [0.05, 0.1) is 22.8 Å². The minimum Gasteiger partial charge on any atom is -0.338 e. The molecule has 1 aliphatic heterocycles. The summed E-state index contributed by atoms with van der Waals surface area (Å²) < 4.78 is 0. The van der Waals surface area contributed by atoms with E-state index < -0.39 is 0 Å². The summed E-state index contributed by atoms with van der Waals surface area (Å²) in [6.07, 6.45) is 3.48. The van der Waals surface area contributed by atoms with E-state index in [4.69, 9.17) is 4.98 Å². The van der Waals surface area contributed by atoms with Crippen LogP contribution in [0, 0.1) is 0 Å². The highest BCUT2D eigenvalue weighted by Crippen LogP contribution is 2.37. The molecule has 1 unspecified atom stereocenters. The average Bonchev–Trinajstić information content (AvgIpc) is 3.18. The van der Waals surface area contributed by atoms with Crippen LogP contribution in [0.4, 0.5) is 4.79 Å². The van der Waals surface area contributed by atoms with Crippen LogP contribution < -0.4 is 10.6 Å². The molecule has 2 aromatic heterocycles. The summed E-state index contributed by atoms with van der Waals surface area (Å²) in [4.78, 5) is 24.9. The number of aromatic nitrogens is 3. The molecule has 136 valence electrons. The molecule has 6 nitrogen and oxygen atoms in total. The van der Waals surface area contributed by atoms with E-state index in [0.29, 0.717) is 5.82 Å². The number of amides is 2. The summed E-state index contributed by atoms with van der Waals surface area (Å²) in [5, 5.41) is 5.99. The topological polar surface area (TPSA) is 82.7 Å². The molecule has 0 saturated heterocycles. The van der Waals surface area contributed by atoms with Gasteiger partial charge in [0.1, 0.15) is 5.82 Å². The quantitative estimate of drug-likeness (QED) is 0.514. The van der Waals surface area contributed by atoms with Crippen LogP contribution in [0.2, 0.25) is 0 Å². The van der Waals surface area contributed by atoms with Crippen molar-refractivity contribution in [1.29, 1.82) is 0 Å². The molecule has 0 radical (unpaired) electrons. The largest absolute Gasteiger partial charge is 0.338 e. The zero-order chi connectivity index (χ0) is 18.9. The number of urea groups is 1. The van der Waals surface area contributed by atoms with Crippen molar-refractivity contribution in [2.24, 2.45) is 0 Å². The normalized spacial score (nSPS) is 16.7. The molecular formula is C22H17N5O. The summed E-state index contributed by atoms with van der Waals surface area (Å²) in [7, 11) is 0. The Morgan fingerprint density at radius 3 is 2.50 bits per heavy atom. The maximum Gasteiger partial charge on any atom is 0.320 e. The Balaban J connectivity index is 1.78. The van der Waals surface area contributed by atoms with Gasteiger partial charge < -0.3 is 15.6 Å². The Morgan fingerprint density at radius 2 is 1.71 bits per heavy atom. The number of para-hydroxylation sites is 2. The van der Waals surface area contributed by atoms with Crippen LogP contribution >= 0.6 is 0 Å². The molecule has 0 saturated carbocycles. The first kappa shape index (κ1) is 16.3. The predicted octanol–water partition coefficient (Wildman–Crippen LogP) is 3.88. The van der Waals surface area contributed by atoms with Crippen LogP contribution in [-0.2, 0) is 0 Å². The second-order valence-corrected chi connectivity index (χ2v) is 6.58. The van der Waals surface area contributed by atoms with Crippen LogP contribution in [0.3, 0.4) is 0 Å². The highest BCUT2D eigenvalue weighted by atomic mass is 16.2. The first-order valence-electron chi connectivity index (χ1n) is 9.02. The van der Waals surface area contributed by atoms with Gasteiger partial charge >= 0.3 is 6.03 Å². The van der Waals surface area contributed by atoms with E-state index >= 15 is 0 Å². The summed E-state index contributed by atoms with van der Waals surface area (Å²) in [5.74, 6) is 0.710. The number of imidazole rings is 1. The highest BCUT2D eigenvalue weighted by molar-refractivity contribution is 6.02. The van der Waals surface area contributed by atoms with Crippen molar-refractivity contribution < 1.29 is 4.79 Å². The molecule has 1 atom stereocenters. The minimum atomic E-state index is -0.377. The molecule has 5 rings (SSSR count). The average molecular weight is 367 g/mol. The number of H-pyrrole nitrogens is 1. The summed E-state index contributed by atoms with van der Waals surface area (Å²) in [6, 6.07) is 20.9. The lowest BCUT2D eigenvalue weighted by atomic mass is 9.93. The van der Waals surface area contributed by atoms with E-state index in [9.17, 15) is 4.79 Å². The van der Waals surface area contributed by atoms with Crippen molar-refractivity contribution in [3.63, 3.8) is 0 Å². The van der Waals surface area contributed by atoms with Gasteiger partial charge in [-0.05, 0) is 29.3 Å². The van der Waals surface area contributed by atoms with Gasteiger partial charge in [0, 0.05) is 18.0 Å². The monoisotopic (exact) mass is 367 g/mol. The van der Waals surface area contributed by atoms with E-state index in [1.165, 1.54) is 0 Å². The minimum absolute atomic E-state index is 0.257. The van der Waals surface area contributed by atoms with Gasteiger partial charge in [0.15, 0.2) is 0 Å². The van der Waals surface area contributed by atoms with Gasteiger partial charge in [0.2, 0.25) is 0 Å². The molecular weight excluding hydrogens is 350 g/mol. The van der Waals surface area contributed by atoms with Crippen LogP contribution in [0.1, 0.15) is 23.0 Å². The van der Waals surface area contributed by atoms with Crippen LogP contribution in [0.15, 0.2) is 79.1 Å². The number of carbonyl (C=O) groups is 1. The number of carbonyl (C=O) groups excluding carboxylic acids is 1. The van der Waals surface area contributed by atoms with Gasteiger partial charge in [0.25, 0.3) is 0 Å². The van der Waals surface area contributed by atoms with E-state index in [1.54, 1.807) is 12.4 Å².